The van der Waals surface area contributed by atoms with Crippen LogP contribution < -0.4 is 53.1 Å². The number of hydrogen-bond acceptors (Lipinski definition) is 4. The van der Waals surface area contributed by atoms with E-state index in [9.17, 15) is 26.3 Å². The van der Waals surface area contributed by atoms with Crippen LogP contribution >= 0.6 is 39.4 Å². The minimum atomic E-state index is -4.44. The minimum Gasteiger partial charge on any atom is -0.359 e. The number of aryl methyl sites for hydroxylation is 2. The number of nitrogens with zero attached hydrogens (tertiary/aromatic N) is 4. The number of benzene rings is 8. The van der Waals surface area contributed by atoms with Crippen molar-refractivity contribution in [2.45, 2.75) is 79.8 Å². The highest BCUT2D eigenvalue weighted by atomic mass is 32.1. The van der Waals surface area contributed by atoms with Crippen molar-refractivity contribution >= 4 is 92.8 Å². The van der Waals surface area contributed by atoms with Crippen molar-refractivity contribution in [1.29, 1.82) is 0 Å². The zero-order valence-electron chi connectivity index (χ0n) is 48.1. The summed E-state index contributed by atoms with van der Waals surface area (Å²) in [7, 11) is -2.87. The van der Waals surface area contributed by atoms with E-state index in [1.165, 1.54) is 15.9 Å². The highest BCUT2D eigenvalue weighted by molar-refractivity contribution is 7.87. The monoisotopic (exact) mass is 1210 g/mol. The fourth-order valence-electron chi connectivity index (χ4n) is 8.88. The first-order valence-electron chi connectivity index (χ1n) is 27.0. The maximum absolute atomic E-state index is 13.4. The average Bonchev–Trinajstić information content (AvgIpc) is 1.40. The Balaban J connectivity index is 0.000000222. The maximum Gasteiger partial charge on any atom is 0.416 e. The lowest BCUT2D eigenvalue weighted by molar-refractivity contribution is -0.138. The van der Waals surface area contributed by atoms with Crippen LogP contribution in [0.15, 0.2) is 228 Å². The Hall–Kier alpha value is -7.31. The van der Waals surface area contributed by atoms with Crippen LogP contribution in [0, 0.1) is 24.7 Å². The van der Waals surface area contributed by atoms with Gasteiger partial charge in [0, 0.05) is 44.8 Å². The fourth-order valence-corrected chi connectivity index (χ4v) is 15.3. The minimum absolute atomic E-state index is 0.168. The quantitative estimate of drug-likeness (QED) is 0.0216. The summed E-state index contributed by atoms with van der Waals surface area (Å²) in [6, 6.07) is 70.5. The highest BCUT2D eigenvalue weighted by Crippen LogP contribution is 2.47. The van der Waals surface area contributed by atoms with Crippen LogP contribution in [-0.4, -0.2) is 35.4 Å². The summed E-state index contributed by atoms with van der Waals surface area (Å²) in [5, 5.41) is 23.7. The molecule has 8 aromatic carbocycles. The topological polar surface area (TPSA) is 109 Å². The van der Waals surface area contributed by atoms with Gasteiger partial charge in [-0.05, 0) is 126 Å². The Bertz CT molecular complexity index is 3290. The van der Waals surface area contributed by atoms with Gasteiger partial charge in [0.15, 0.2) is 10.2 Å². The summed E-state index contributed by atoms with van der Waals surface area (Å²) in [6.07, 6.45) is -8.86. The van der Waals surface area contributed by atoms with Gasteiger partial charge < -0.3 is 21.3 Å². The summed E-state index contributed by atoms with van der Waals surface area (Å²) in [6.45, 7) is 15.9. The molecule has 0 spiro atoms. The first-order valence-corrected chi connectivity index (χ1v) is 30.9. The Morgan fingerprint density at radius 1 is 0.476 bits per heavy atom. The molecular weight excluding hydrogens is 1140 g/mol. The van der Waals surface area contributed by atoms with E-state index in [4.69, 9.17) is 34.7 Å². The molecule has 0 unspecified atom stereocenters. The molecule has 8 nitrogen and oxygen atoms in total. The predicted octanol–water partition coefficient (Wildman–Crippen LogP) is 16.4. The molecule has 438 valence electrons. The Kier molecular flexibility index (Phi) is 23.5. The highest BCUT2D eigenvalue weighted by Gasteiger charge is 2.34. The molecule has 0 fully saturated rings. The molecule has 0 saturated carbocycles. The van der Waals surface area contributed by atoms with Crippen LogP contribution in [0.1, 0.15) is 63.8 Å². The number of rotatable bonds is 14. The van der Waals surface area contributed by atoms with Gasteiger partial charge in [0.2, 0.25) is 0 Å². The van der Waals surface area contributed by atoms with Gasteiger partial charge in [0.05, 0.1) is 30.8 Å². The first-order chi connectivity index (χ1) is 39.8. The van der Waals surface area contributed by atoms with Crippen molar-refractivity contribution in [3.63, 3.8) is 0 Å². The molecule has 0 aliphatic heterocycles. The molecular formula is C66H70F6N8P2S2. The molecule has 0 saturated heterocycles. The standard InChI is InChI=1S/C33H35F3N3PS.C18H15P.C15H20F3N5S/c1-24-20-25(33(34,35)36)22-26(21-24)38-31(41)39-30(32(2,3)4)23-37-40(27-14-8-5-9-15-27,28-16-10-6-11-17-28)29-18-12-7-13-19-29;1-4-10-16(11-5-1)19(17-12-6-2-7-13-17)18-14-8-3-9-15-18;1-9-5-10(15(16,17)18)7-11(6-9)21-13(24)22-12(8-20-23-19)14(2,3)4/h5-22,30H,23H2,1-4H3,(H2,38,39,41);1-15H;5-7,12H,8H2,1-4H3,(H2,21,22,24)/t30-;;12-/m1.1/s1. The number of anilines is 2. The Morgan fingerprint density at radius 2 is 0.774 bits per heavy atom. The van der Waals surface area contributed by atoms with E-state index in [0.717, 1.165) is 40.2 Å². The molecule has 4 N–H and O–H groups in total. The number of alkyl halides is 6. The van der Waals surface area contributed by atoms with Crippen LogP contribution in [0.4, 0.5) is 37.7 Å². The van der Waals surface area contributed by atoms with E-state index < -0.39 is 38.5 Å². The van der Waals surface area contributed by atoms with E-state index in [0.29, 0.717) is 23.4 Å². The molecule has 0 aliphatic rings. The third-order valence-corrected chi connectivity index (χ3v) is 19.9. The van der Waals surface area contributed by atoms with Crippen LogP contribution in [-0.2, 0) is 12.4 Å². The molecule has 8 rings (SSSR count). The van der Waals surface area contributed by atoms with Gasteiger partial charge in [0.1, 0.15) is 0 Å². The molecule has 18 heteroatoms. The molecule has 0 radical (unpaired) electrons. The molecule has 0 amide bonds. The number of thiocarbonyl (C=S) groups is 2. The summed E-state index contributed by atoms with van der Waals surface area (Å²) in [5.74, 6) is 0. The van der Waals surface area contributed by atoms with Gasteiger partial charge in [-0.25, -0.2) is 0 Å². The molecule has 0 aromatic heterocycles. The molecule has 2 atom stereocenters. The predicted molar refractivity (Wildman–Crippen MR) is 349 cm³/mol. The lowest BCUT2D eigenvalue weighted by Crippen LogP contribution is -2.47. The van der Waals surface area contributed by atoms with Crippen molar-refractivity contribution in [3.8, 4) is 0 Å². The number of nitrogens with one attached hydrogen (secondary N) is 4. The Labute approximate surface area is 502 Å². The lowest BCUT2D eigenvalue weighted by atomic mass is 9.87. The molecule has 0 aliphatic carbocycles. The first kappa shape index (κ1) is 65.8. The zero-order chi connectivity index (χ0) is 61.1. The van der Waals surface area contributed by atoms with Crippen molar-refractivity contribution in [1.82, 2.24) is 10.6 Å². The van der Waals surface area contributed by atoms with Crippen molar-refractivity contribution < 1.29 is 26.3 Å². The third kappa shape index (κ3) is 19.4. The van der Waals surface area contributed by atoms with Crippen molar-refractivity contribution in [3.05, 3.63) is 251 Å². The second kappa shape index (κ2) is 30.0. The van der Waals surface area contributed by atoms with Gasteiger partial charge in [-0.15, -0.1) is 0 Å². The van der Waals surface area contributed by atoms with E-state index in [2.05, 4.69) is 179 Å². The second-order valence-electron chi connectivity index (χ2n) is 21.9. The lowest BCUT2D eigenvalue weighted by Gasteiger charge is -2.34. The van der Waals surface area contributed by atoms with Crippen LogP contribution in [0.5, 0.6) is 0 Å². The molecule has 0 bridgehead atoms. The second-order valence-corrected chi connectivity index (χ2v) is 28.1. The largest absolute Gasteiger partial charge is 0.416 e. The van der Waals surface area contributed by atoms with Gasteiger partial charge in [-0.3, -0.25) is 4.74 Å². The number of hydrogen-bond donors (Lipinski definition) is 4. The van der Waals surface area contributed by atoms with E-state index in [-0.39, 0.29) is 45.4 Å². The van der Waals surface area contributed by atoms with Crippen LogP contribution in [0.25, 0.3) is 10.4 Å². The third-order valence-electron chi connectivity index (χ3n) is 13.3. The summed E-state index contributed by atoms with van der Waals surface area (Å²) < 4.78 is 84.4. The SMILES string of the molecule is Cc1cc(NC(=S)N[C@H](CN=P(c2ccccc2)(c2ccccc2)c2ccccc2)C(C)(C)C)cc(C(F)(F)F)c1.Cc1cc(NC(=S)N[C@H](CN=[N+]=[N-])C(C)(C)C)cc(C(F)(F)F)c1.c1ccc(P(c2ccccc2)c2ccccc2)cc1. The smallest absolute Gasteiger partial charge is 0.359 e. The Morgan fingerprint density at radius 3 is 1.06 bits per heavy atom. The molecule has 8 aromatic rings. The normalized spacial score (nSPS) is 12.4. The van der Waals surface area contributed by atoms with Crippen molar-refractivity contribution in [2.75, 3.05) is 23.7 Å². The van der Waals surface area contributed by atoms with Crippen molar-refractivity contribution in [2.24, 2.45) is 20.7 Å². The van der Waals surface area contributed by atoms with Gasteiger partial charge in [-0.2, -0.15) is 26.3 Å². The van der Waals surface area contributed by atoms with Crippen LogP contribution in [0.3, 0.4) is 0 Å². The fraction of sp³-hybridized carbons (Fsp3) is 0.242. The average molecular weight is 1220 g/mol. The van der Waals surface area contributed by atoms with Crippen LogP contribution in [0.2, 0.25) is 0 Å². The summed E-state index contributed by atoms with van der Waals surface area (Å²) >= 11 is 10.8. The maximum atomic E-state index is 13.4. The zero-order valence-corrected chi connectivity index (χ0v) is 51.5. The number of halogens is 6. The van der Waals surface area contributed by atoms with Gasteiger partial charge in [-0.1, -0.05) is 229 Å². The van der Waals surface area contributed by atoms with E-state index >= 15 is 0 Å². The summed E-state index contributed by atoms with van der Waals surface area (Å²) in [4.78, 5) is 2.73. The van der Waals surface area contributed by atoms with Gasteiger partial charge in [0.25, 0.3) is 0 Å². The van der Waals surface area contributed by atoms with Gasteiger partial charge >= 0.3 is 12.4 Å². The van der Waals surface area contributed by atoms with E-state index in [1.807, 2.05) is 75.4 Å². The van der Waals surface area contributed by atoms with E-state index in [1.54, 1.807) is 26.0 Å². The molecule has 0 heterocycles. The summed E-state index contributed by atoms with van der Waals surface area (Å²) in [5.41, 5.74) is 7.98. The molecule has 84 heavy (non-hydrogen) atoms. The number of azide groups is 1.